The first-order valence-corrected chi connectivity index (χ1v) is 11.5. The number of nitro groups is 1. The lowest BCUT2D eigenvalue weighted by atomic mass is 10.2. The van der Waals surface area contributed by atoms with E-state index in [1.54, 1.807) is 24.4 Å². The Morgan fingerprint density at radius 3 is 2.46 bits per heavy atom. The number of non-ortho nitro benzene ring substituents is 1. The molecule has 0 atom stereocenters. The molecule has 0 saturated carbocycles. The van der Waals surface area contributed by atoms with Crippen molar-refractivity contribution in [1.29, 1.82) is 0 Å². The van der Waals surface area contributed by atoms with Crippen LogP contribution in [0, 0.1) is 24.0 Å². The molecule has 0 radical (unpaired) electrons. The van der Waals surface area contributed by atoms with Crippen LogP contribution in [0.1, 0.15) is 17.0 Å². The van der Waals surface area contributed by atoms with Gasteiger partial charge in [-0.3, -0.25) is 14.9 Å². The van der Waals surface area contributed by atoms with Gasteiger partial charge in [0.15, 0.2) is 5.82 Å². The molecule has 184 valence electrons. The molecule has 0 aliphatic rings. The number of aryl methyl sites for hydroxylation is 1. The van der Waals surface area contributed by atoms with E-state index in [1.807, 2.05) is 66.9 Å². The standard InChI is InChI=1S/C28H23N5O4/c1-18-15-21(19(2)31(18)25-14-13-22(33(35)36)16-26(25)37-3)17-29-32-27(20-9-5-4-6-10-20)30-24-12-8-7-11-23(24)28(32)34/h4-17H,1-3H3. The number of aromatic nitrogens is 3. The van der Waals surface area contributed by atoms with Crippen LogP contribution in [0.3, 0.4) is 0 Å². The zero-order valence-corrected chi connectivity index (χ0v) is 20.5. The molecule has 0 N–H and O–H groups in total. The topological polar surface area (TPSA) is 105 Å². The summed E-state index contributed by atoms with van der Waals surface area (Å²) in [6.07, 6.45) is 1.63. The maximum Gasteiger partial charge on any atom is 0.282 e. The monoisotopic (exact) mass is 493 g/mol. The molecule has 0 bridgehead atoms. The third-order valence-electron chi connectivity index (χ3n) is 6.18. The smallest absolute Gasteiger partial charge is 0.282 e. The molecule has 3 aromatic carbocycles. The van der Waals surface area contributed by atoms with Crippen LogP contribution in [0.2, 0.25) is 0 Å². The summed E-state index contributed by atoms with van der Waals surface area (Å²) in [5.74, 6) is 0.812. The van der Waals surface area contributed by atoms with Gasteiger partial charge in [-0.05, 0) is 38.1 Å². The lowest BCUT2D eigenvalue weighted by Crippen LogP contribution is -2.20. The molecule has 5 aromatic rings. The van der Waals surface area contributed by atoms with Crippen molar-refractivity contribution < 1.29 is 9.66 Å². The molecule has 0 saturated heterocycles. The minimum absolute atomic E-state index is 0.0542. The van der Waals surface area contributed by atoms with Crippen LogP contribution >= 0.6 is 0 Å². The Labute approximate surface area is 212 Å². The zero-order chi connectivity index (χ0) is 26.1. The Morgan fingerprint density at radius 1 is 1.00 bits per heavy atom. The fraction of sp³-hybridized carbons (Fsp3) is 0.107. The number of fused-ring (bicyclic) bond motifs is 1. The molecule has 9 heteroatoms. The number of rotatable bonds is 6. The second-order valence-electron chi connectivity index (χ2n) is 8.46. The SMILES string of the molecule is COc1cc([N+](=O)[O-])ccc1-n1c(C)cc(C=Nn2c(-c3ccccc3)nc3ccccc3c2=O)c1C. The zero-order valence-electron chi connectivity index (χ0n) is 20.5. The molecule has 0 unspecified atom stereocenters. The fourth-order valence-electron chi connectivity index (χ4n) is 4.38. The molecule has 2 aromatic heterocycles. The van der Waals surface area contributed by atoms with Crippen molar-refractivity contribution in [2.24, 2.45) is 5.10 Å². The highest BCUT2D eigenvalue weighted by molar-refractivity contribution is 5.83. The van der Waals surface area contributed by atoms with Gasteiger partial charge in [-0.25, -0.2) is 4.98 Å². The van der Waals surface area contributed by atoms with Crippen LogP contribution < -0.4 is 10.3 Å². The summed E-state index contributed by atoms with van der Waals surface area (Å²) in [4.78, 5) is 28.9. The van der Waals surface area contributed by atoms with Gasteiger partial charge in [-0.2, -0.15) is 9.78 Å². The minimum atomic E-state index is -0.459. The number of hydrogen-bond acceptors (Lipinski definition) is 6. The van der Waals surface area contributed by atoms with Gasteiger partial charge in [-0.15, -0.1) is 0 Å². The van der Waals surface area contributed by atoms with Crippen molar-refractivity contribution in [3.05, 3.63) is 116 Å². The Bertz CT molecular complexity index is 1740. The van der Waals surface area contributed by atoms with Crippen molar-refractivity contribution in [3.8, 4) is 22.8 Å². The molecular formula is C28H23N5O4. The maximum atomic E-state index is 13.4. The third-order valence-corrected chi connectivity index (χ3v) is 6.18. The predicted molar refractivity (Wildman–Crippen MR) is 143 cm³/mol. The highest BCUT2D eigenvalue weighted by Crippen LogP contribution is 2.31. The van der Waals surface area contributed by atoms with E-state index in [2.05, 4.69) is 5.10 Å². The Hall–Kier alpha value is -5.05. The molecule has 9 nitrogen and oxygen atoms in total. The molecular weight excluding hydrogens is 470 g/mol. The van der Waals surface area contributed by atoms with Gasteiger partial charge in [0.25, 0.3) is 11.2 Å². The van der Waals surface area contributed by atoms with E-state index in [0.717, 1.165) is 22.5 Å². The number of hydrogen-bond donors (Lipinski definition) is 0. The van der Waals surface area contributed by atoms with Crippen LogP contribution in [0.4, 0.5) is 5.69 Å². The van der Waals surface area contributed by atoms with E-state index in [0.29, 0.717) is 28.2 Å². The van der Waals surface area contributed by atoms with Crippen LogP contribution in [0.15, 0.2) is 88.8 Å². The maximum absolute atomic E-state index is 13.4. The minimum Gasteiger partial charge on any atom is -0.494 e. The summed E-state index contributed by atoms with van der Waals surface area (Å²) < 4.78 is 8.70. The highest BCUT2D eigenvalue weighted by Gasteiger charge is 2.17. The van der Waals surface area contributed by atoms with Gasteiger partial charge in [0, 0.05) is 28.6 Å². The Kier molecular flexibility index (Phi) is 6.10. The molecule has 0 aliphatic carbocycles. The molecule has 2 heterocycles. The molecule has 0 aliphatic heterocycles. The molecule has 0 amide bonds. The van der Waals surface area contributed by atoms with Crippen molar-refractivity contribution in [2.75, 3.05) is 7.11 Å². The number of benzene rings is 3. The van der Waals surface area contributed by atoms with E-state index in [1.165, 1.54) is 23.9 Å². The first-order valence-electron chi connectivity index (χ1n) is 11.5. The largest absolute Gasteiger partial charge is 0.494 e. The number of nitro benzene ring substituents is 1. The number of ether oxygens (including phenoxy) is 1. The summed E-state index contributed by atoms with van der Waals surface area (Å²) >= 11 is 0. The van der Waals surface area contributed by atoms with Gasteiger partial charge in [0.2, 0.25) is 0 Å². The summed E-state index contributed by atoms with van der Waals surface area (Å²) in [6.45, 7) is 3.83. The Balaban J connectivity index is 1.64. The quantitative estimate of drug-likeness (QED) is 0.182. The van der Waals surface area contributed by atoms with Gasteiger partial charge in [0.1, 0.15) is 5.75 Å². The summed E-state index contributed by atoms with van der Waals surface area (Å²) in [7, 11) is 1.48. The van der Waals surface area contributed by atoms with E-state index in [-0.39, 0.29) is 11.2 Å². The van der Waals surface area contributed by atoms with Gasteiger partial charge in [0.05, 0.1) is 40.9 Å². The normalized spacial score (nSPS) is 11.3. The van der Waals surface area contributed by atoms with Gasteiger partial charge >= 0.3 is 0 Å². The predicted octanol–water partition coefficient (Wildman–Crippen LogP) is 5.27. The van der Waals surface area contributed by atoms with Crippen LogP contribution in [-0.2, 0) is 0 Å². The second kappa shape index (κ2) is 9.54. The van der Waals surface area contributed by atoms with E-state index < -0.39 is 4.92 Å². The average Bonchev–Trinajstić information content (AvgIpc) is 3.20. The van der Waals surface area contributed by atoms with Crippen molar-refractivity contribution in [2.45, 2.75) is 13.8 Å². The molecule has 5 rings (SSSR count). The molecule has 0 spiro atoms. The van der Waals surface area contributed by atoms with Gasteiger partial charge in [-0.1, -0.05) is 42.5 Å². The summed E-state index contributed by atoms with van der Waals surface area (Å²) in [6, 6.07) is 23.1. The van der Waals surface area contributed by atoms with E-state index >= 15 is 0 Å². The summed E-state index contributed by atoms with van der Waals surface area (Å²) in [5.41, 5.74) is 4.18. The average molecular weight is 494 g/mol. The van der Waals surface area contributed by atoms with E-state index in [4.69, 9.17) is 9.72 Å². The third kappa shape index (κ3) is 4.27. The van der Waals surface area contributed by atoms with Gasteiger partial charge < -0.3 is 9.30 Å². The van der Waals surface area contributed by atoms with Crippen LogP contribution in [-0.4, -0.2) is 32.5 Å². The second-order valence-corrected chi connectivity index (χ2v) is 8.46. The Morgan fingerprint density at radius 2 is 1.73 bits per heavy atom. The number of para-hydroxylation sites is 1. The van der Waals surface area contributed by atoms with E-state index in [9.17, 15) is 14.9 Å². The van der Waals surface area contributed by atoms with Crippen molar-refractivity contribution >= 4 is 22.8 Å². The van der Waals surface area contributed by atoms with Crippen molar-refractivity contribution in [1.82, 2.24) is 14.2 Å². The first kappa shape index (κ1) is 23.7. The highest BCUT2D eigenvalue weighted by atomic mass is 16.6. The lowest BCUT2D eigenvalue weighted by molar-refractivity contribution is -0.384. The lowest BCUT2D eigenvalue weighted by Gasteiger charge is -2.13. The fourth-order valence-corrected chi connectivity index (χ4v) is 4.38. The summed E-state index contributed by atoms with van der Waals surface area (Å²) in [5, 5.41) is 16.3. The van der Waals surface area contributed by atoms with Crippen molar-refractivity contribution in [3.63, 3.8) is 0 Å². The first-order chi connectivity index (χ1) is 17.9. The number of nitrogens with zero attached hydrogens (tertiary/aromatic N) is 5. The number of methoxy groups -OCH3 is 1. The molecule has 37 heavy (non-hydrogen) atoms. The van der Waals surface area contributed by atoms with Crippen LogP contribution in [0.5, 0.6) is 5.75 Å². The molecule has 0 fully saturated rings. The van der Waals surface area contributed by atoms with Crippen LogP contribution in [0.25, 0.3) is 28.0 Å².